The van der Waals surface area contributed by atoms with Crippen molar-refractivity contribution in [3.63, 3.8) is 0 Å². The second-order valence-corrected chi connectivity index (χ2v) is 10.1. The molecule has 0 spiro atoms. The normalized spacial score (nSPS) is 12.4. The number of ether oxygens (including phenoxy) is 1. The van der Waals surface area contributed by atoms with Gasteiger partial charge in [0.15, 0.2) is 0 Å². The predicted molar refractivity (Wildman–Crippen MR) is 158 cm³/mol. The van der Waals surface area contributed by atoms with E-state index in [0.717, 1.165) is 60.3 Å². The van der Waals surface area contributed by atoms with E-state index in [4.69, 9.17) is 9.72 Å². The molecular weight excluding hydrogens is 509 g/mol. The number of carbonyl (C=O) groups excluding carboxylic acids is 1. The number of aryl methyl sites for hydroxylation is 1. The summed E-state index contributed by atoms with van der Waals surface area (Å²) in [5.74, 6) is 0.320. The van der Waals surface area contributed by atoms with Crippen molar-refractivity contribution in [3.05, 3.63) is 66.8 Å². The molecular formula is C30H34FN7O2. The highest BCUT2D eigenvalue weighted by atomic mass is 19.1. The largest absolute Gasteiger partial charge is 0.494 e. The number of likely N-dealkylation sites (N-methyl/N-ethyl adjacent to an activating group) is 2. The number of aromatic nitrogens is 3. The summed E-state index contributed by atoms with van der Waals surface area (Å²) in [4.78, 5) is 25.7. The van der Waals surface area contributed by atoms with Gasteiger partial charge in [-0.25, -0.2) is 14.4 Å². The quantitative estimate of drug-likeness (QED) is 0.271. The maximum absolute atomic E-state index is 14.3. The number of methoxy groups -OCH3 is 1. The Bertz CT molecular complexity index is 1580. The number of nitrogens with zero attached hydrogens (tertiary/aromatic N) is 5. The van der Waals surface area contributed by atoms with Crippen LogP contribution in [0, 0.1) is 5.82 Å². The standard InChI is InChI=1S/C30H34FN7O2/c1-6-28(39)33-22-17-23(27(40-5)18-26(22)37(4)15-14-36(2)3)35-30-32-12-11-21(34-30)29-20-16-19(31)9-10-24(20)38-13-7-8-25(29)38/h6,9-12,16-18H,1,7-8,13-15H2,2-5H3,(H,33,39)(H,32,34,35). The fourth-order valence-corrected chi connectivity index (χ4v) is 5.17. The number of halogens is 1. The first-order valence-corrected chi connectivity index (χ1v) is 13.2. The smallest absolute Gasteiger partial charge is 0.247 e. The van der Waals surface area contributed by atoms with E-state index in [-0.39, 0.29) is 11.7 Å². The number of amides is 1. The van der Waals surface area contributed by atoms with Gasteiger partial charge in [0.2, 0.25) is 11.9 Å². The van der Waals surface area contributed by atoms with E-state index < -0.39 is 0 Å². The molecule has 0 unspecified atom stereocenters. The average molecular weight is 544 g/mol. The summed E-state index contributed by atoms with van der Waals surface area (Å²) in [5.41, 5.74) is 5.79. The van der Waals surface area contributed by atoms with Gasteiger partial charge in [-0.05, 0) is 63.3 Å². The van der Waals surface area contributed by atoms with Crippen molar-refractivity contribution in [1.82, 2.24) is 19.4 Å². The fraction of sp³-hybridized carbons (Fsp3) is 0.300. The van der Waals surface area contributed by atoms with Crippen LogP contribution in [0.15, 0.2) is 55.3 Å². The molecule has 4 aromatic rings. The lowest BCUT2D eigenvalue weighted by atomic mass is 10.0. The lowest BCUT2D eigenvalue weighted by Crippen LogP contribution is -2.29. The molecule has 0 fully saturated rings. The van der Waals surface area contributed by atoms with Gasteiger partial charge in [0.25, 0.3) is 0 Å². The molecule has 1 aliphatic rings. The van der Waals surface area contributed by atoms with E-state index in [1.54, 1.807) is 25.4 Å². The van der Waals surface area contributed by atoms with Gasteiger partial charge in [0.1, 0.15) is 11.6 Å². The zero-order valence-corrected chi connectivity index (χ0v) is 23.3. The van der Waals surface area contributed by atoms with Gasteiger partial charge < -0.3 is 29.7 Å². The highest BCUT2D eigenvalue weighted by Gasteiger charge is 2.24. The highest BCUT2D eigenvalue weighted by Crippen LogP contribution is 2.40. The summed E-state index contributed by atoms with van der Waals surface area (Å²) in [7, 11) is 7.58. The summed E-state index contributed by atoms with van der Waals surface area (Å²) in [5, 5.41) is 7.02. The molecule has 208 valence electrons. The van der Waals surface area contributed by atoms with Gasteiger partial charge in [0, 0.05) is 61.1 Å². The molecule has 10 heteroatoms. The van der Waals surface area contributed by atoms with Crippen LogP contribution in [0.1, 0.15) is 12.1 Å². The first kappa shape index (κ1) is 27.1. The molecule has 0 saturated carbocycles. The topological polar surface area (TPSA) is 87.5 Å². The minimum atomic E-state index is -0.321. The van der Waals surface area contributed by atoms with Crippen molar-refractivity contribution in [3.8, 4) is 17.0 Å². The molecule has 0 bridgehead atoms. The Hall–Kier alpha value is -4.44. The van der Waals surface area contributed by atoms with Crippen LogP contribution in [0.4, 0.5) is 27.4 Å². The molecule has 2 aromatic heterocycles. The van der Waals surface area contributed by atoms with Gasteiger partial charge in [0.05, 0.1) is 29.9 Å². The van der Waals surface area contributed by atoms with Crippen molar-refractivity contribution < 1.29 is 13.9 Å². The zero-order chi connectivity index (χ0) is 28.4. The maximum atomic E-state index is 14.3. The first-order valence-electron chi connectivity index (χ1n) is 13.2. The van der Waals surface area contributed by atoms with Gasteiger partial charge in [-0.3, -0.25) is 4.79 Å². The van der Waals surface area contributed by atoms with Crippen LogP contribution in [0.3, 0.4) is 0 Å². The van der Waals surface area contributed by atoms with Crippen LogP contribution in [0.25, 0.3) is 22.2 Å². The third-order valence-electron chi connectivity index (χ3n) is 7.14. The van der Waals surface area contributed by atoms with Crippen LogP contribution in [0.5, 0.6) is 5.75 Å². The van der Waals surface area contributed by atoms with E-state index in [9.17, 15) is 9.18 Å². The minimum Gasteiger partial charge on any atom is -0.494 e. The SMILES string of the molecule is C=CC(=O)Nc1cc(Nc2nccc(-c3c4n(c5ccc(F)cc35)CCC4)n2)c(OC)cc1N(C)CCN(C)C. The molecule has 1 aliphatic heterocycles. The lowest BCUT2D eigenvalue weighted by Gasteiger charge is -2.26. The summed E-state index contributed by atoms with van der Waals surface area (Å²) < 4.78 is 22.2. The van der Waals surface area contributed by atoms with Crippen molar-refractivity contribution in [1.29, 1.82) is 0 Å². The van der Waals surface area contributed by atoms with Crippen LogP contribution in [-0.4, -0.2) is 66.7 Å². The molecule has 0 saturated heterocycles. The molecule has 9 nitrogen and oxygen atoms in total. The number of rotatable bonds is 10. The second kappa shape index (κ2) is 11.4. The van der Waals surface area contributed by atoms with Crippen molar-refractivity contribution in [2.24, 2.45) is 0 Å². The Kier molecular flexibility index (Phi) is 7.70. The van der Waals surface area contributed by atoms with Crippen LogP contribution < -0.4 is 20.3 Å². The van der Waals surface area contributed by atoms with Gasteiger partial charge in [-0.1, -0.05) is 6.58 Å². The summed E-state index contributed by atoms with van der Waals surface area (Å²) in [6, 6.07) is 10.4. The minimum absolute atomic E-state index is 0.278. The zero-order valence-electron chi connectivity index (χ0n) is 23.3. The molecule has 0 atom stereocenters. The molecule has 2 N–H and O–H groups in total. The Morgan fingerprint density at radius 2 is 2.00 bits per heavy atom. The number of benzene rings is 2. The van der Waals surface area contributed by atoms with Gasteiger partial charge in [-0.15, -0.1) is 0 Å². The van der Waals surface area contributed by atoms with Crippen molar-refractivity contribution in [2.75, 3.05) is 56.9 Å². The molecule has 5 rings (SSSR count). The van der Waals surface area contributed by atoms with Crippen molar-refractivity contribution >= 4 is 39.8 Å². The average Bonchev–Trinajstić information content (AvgIpc) is 3.52. The molecule has 1 amide bonds. The van der Waals surface area contributed by atoms with Crippen LogP contribution in [-0.2, 0) is 17.8 Å². The molecule has 3 heterocycles. The molecule has 40 heavy (non-hydrogen) atoms. The predicted octanol–water partition coefficient (Wildman–Crippen LogP) is 5.06. The van der Waals surface area contributed by atoms with E-state index in [1.165, 1.54) is 12.1 Å². The Morgan fingerprint density at radius 1 is 1.18 bits per heavy atom. The van der Waals surface area contributed by atoms with E-state index >= 15 is 0 Å². The molecule has 0 radical (unpaired) electrons. The summed E-state index contributed by atoms with van der Waals surface area (Å²) in [6.45, 7) is 6.05. The Labute approximate surface area is 233 Å². The monoisotopic (exact) mass is 543 g/mol. The number of hydrogen-bond acceptors (Lipinski definition) is 7. The Morgan fingerprint density at radius 3 is 2.75 bits per heavy atom. The number of fused-ring (bicyclic) bond motifs is 3. The third kappa shape index (κ3) is 5.35. The highest BCUT2D eigenvalue weighted by molar-refractivity contribution is 6.02. The van der Waals surface area contributed by atoms with E-state index in [0.29, 0.717) is 28.8 Å². The van der Waals surface area contributed by atoms with Gasteiger partial charge in [-0.2, -0.15) is 0 Å². The number of nitrogens with one attached hydrogen (secondary N) is 2. The lowest BCUT2D eigenvalue weighted by molar-refractivity contribution is -0.111. The van der Waals surface area contributed by atoms with E-state index in [1.807, 2.05) is 39.3 Å². The van der Waals surface area contributed by atoms with Gasteiger partial charge >= 0.3 is 0 Å². The molecule has 2 aromatic carbocycles. The molecule has 0 aliphatic carbocycles. The summed E-state index contributed by atoms with van der Waals surface area (Å²) in [6.07, 6.45) is 4.86. The first-order chi connectivity index (χ1) is 19.3. The van der Waals surface area contributed by atoms with E-state index in [2.05, 4.69) is 36.6 Å². The maximum Gasteiger partial charge on any atom is 0.247 e. The fourth-order valence-electron chi connectivity index (χ4n) is 5.17. The van der Waals surface area contributed by atoms with Crippen molar-refractivity contribution in [2.45, 2.75) is 19.4 Å². The number of hydrogen-bond donors (Lipinski definition) is 2. The van der Waals surface area contributed by atoms with Crippen LogP contribution in [0.2, 0.25) is 0 Å². The Balaban J connectivity index is 1.53. The van der Waals surface area contributed by atoms with Crippen LogP contribution >= 0.6 is 0 Å². The number of anilines is 4. The summed E-state index contributed by atoms with van der Waals surface area (Å²) >= 11 is 0. The number of carbonyl (C=O) groups is 1. The second-order valence-electron chi connectivity index (χ2n) is 10.1. The third-order valence-corrected chi connectivity index (χ3v) is 7.14.